The third-order valence-corrected chi connectivity index (χ3v) is 3.64. The summed E-state index contributed by atoms with van der Waals surface area (Å²) in [7, 11) is 0. The Morgan fingerprint density at radius 1 is 1.04 bits per heavy atom. The van der Waals surface area contributed by atoms with Gasteiger partial charge in [0.05, 0.1) is 0 Å². The molecule has 0 aliphatic rings. The van der Waals surface area contributed by atoms with Crippen LogP contribution in [0, 0.1) is 12.7 Å². The molecule has 2 aromatic carbocycles. The van der Waals surface area contributed by atoms with Gasteiger partial charge < -0.3 is 10.3 Å². The number of aryl methyl sites for hydroxylation is 1. The van der Waals surface area contributed by atoms with Crippen LogP contribution in [0.1, 0.15) is 11.3 Å². The summed E-state index contributed by atoms with van der Waals surface area (Å²) in [4.78, 5) is 15.1. The Balaban J connectivity index is 1.95. The lowest BCUT2D eigenvalue weighted by Crippen LogP contribution is -2.16. The predicted octanol–water partition coefficient (Wildman–Crippen LogP) is 4.10. The van der Waals surface area contributed by atoms with Gasteiger partial charge in [-0.05, 0) is 36.2 Å². The van der Waals surface area contributed by atoms with E-state index in [0.29, 0.717) is 12.2 Å². The van der Waals surface area contributed by atoms with E-state index in [9.17, 15) is 9.18 Å². The average molecular weight is 308 g/mol. The summed E-state index contributed by atoms with van der Waals surface area (Å²) < 4.78 is 13.0. The molecule has 0 amide bonds. The maximum absolute atomic E-state index is 13.0. The van der Waals surface area contributed by atoms with Crippen LogP contribution in [0.3, 0.4) is 0 Å². The predicted molar refractivity (Wildman–Crippen MR) is 91.0 cm³/mol. The molecule has 0 unspecified atom stereocenters. The van der Waals surface area contributed by atoms with E-state index in [1.54, 1.807) is 12.1 Å². The van der Waals surface area contributed by atoms with Crippen molar-refractivity contribution >= 4 is 5.69 Å². The topological polar surface area (TPSA) is 44.9 Å². The SMILES string of the molecule is Cc1cc(-c2ccccc2)c(NCc2ccc(F)cc2)c(=O)[nH]1. The fourth-order valence-corrected chi connectivity index (χ4v) is 2.50. The second-order valence-corrected chi connectivity index (χ2v) is 5.42. The summed E-state index contributed by atoms with van der Waals surface area (Å²) in [5.74, 6) is -0.271. The first-order valence-electron chi connectivity index (χ1n) is 7.41. The van der Waals surface area contributed by atoms with Gasteiger partial charge in [0.25, 0.3) is 5.56 Å². The summed E-state index contributed by atoms with van der Waals surface area (Å²) >= 11 is 0. The summed E-state index contributed by atoms with van der Waals surface area (Å²) in [5, 5.41) is 3.18. The van der Waals surface area contributed by atoms with Crippen LogP contribution < -0.4 is 10.9 Å². The summed E-state index contributed by atoms with van der Waals surface area (Å²) in [5.41, 5.74) is 3.90. The van der Waals surface area contributed by atoms with Gasteiger partial charge in [-0.2, -0.15) is 0 Å². The van der Waals surface area contributed by atoms with Gasteiger partial charge in [-0.1, -0.05) is 42.5 Å². The van der Waals surface area contributed by atoms with Crippen molar-refractivity contribution in [3.8, 4) is 11.1 Å². The fourth-order valence-electron chi connectivity index (χ4n) is 2.50. The molecule has 0 aliphatic carbocycles. The molecule has 4 heteroatoms. The number of aromatic amines is 1. The largest absolute Gasteiger partial charge is 0.376 e. The number of rotatable bonds is 4. The molecule has 0 saturated carbocycles. The highest BCUT2D eigenvalue weighted by molar-refractivity contribution is 5.77. The van der Waals surface area contributed by atoms with Crippen molar-refractivity contribution in [1.82, 2.24) is 4.98 Å². The number of hydrogen-bond acceptors (Lipinski definition) is 2. The highest BCUT2D eigenvalue weighted by Gasteiger charge is 2.10. The first kappa shape index (κ1) is 15.0. The molecular formula is C19H17FN2O. The number of H-pyrrole nitrogens is 1. The van der Waals surface area contributed by atoms with Crippen molar-refractivity contribution in [3.63, 3.8) is 0 Å². The zero-order valence-electron chi connectivity index (χ0n) is 12.8. The minimum atomic E-state index is -0.271. The van der Waals surface area contributed by atoms with Gasteiger partial charge in [0.2, 0.25) is 0 Å². The summed E-state index contributed by atoms with van der Waals surface area (Å²) in [6, 6.07) is 17.9. The van der Waals surface area contributed by atoms with Gasteiger partial charge in [-0.25, -0.2) is 4.39 Å². The molecule has 0 atom stereocenters. The minimum Gasteiger partial charge on any atom is -0.376 e. The minimum absolute atomic E-state index is 0.161. The Kier molecular flexibility index (Phi) is 4.24. The first-order valence-corrected chi connectivity index (χ1v) is 7.41. The van der Waals surface area contributed by atoms with Crippen LogP contribution in [0.5, 0.6) is 0 Å². The molecule has 0 fully saturated rings. The van der Waals surface area contributed by atoms with E-state index in [4.69, 9.17) is 0 Å². The lowest BCUT2D eigenvalue weighted by molar-refractivity contribution is 0.627. The molecule has 0 bridgehead atoms. The van der Waals surface area contributed by atoms with E-state index in [0.717, 1.165) is 22.4 Å². The van der Waals surface area contributed by atoms with Crippen molar-refractivity contribution in [2.24, 2.45) is 0 Å². The summed E-state index contributed by atoms with van der Waals surface area (Å²) in [6.07, 6.45) is 0. The third kappa shape index (κ3) is 3.48. The molecule has 0 spiro atoms. The van der Waals surface area contributed by atoms with Gasteiger partial charge in [0.1, 0.15) is 11.5 Å². The van der Waals surface area contributed by atoms with E-state index in [2.05, 4.69) is 10.3 Å². The molecule has 3 aromatic rings. The molecular weight excluding hydrogens is 291 g/mol. The standard InChI is InChI=1S/C19H17FN2O/c1-13-11-17(15-5-3-2-4-6-15)18(19(23)22-13)21-12-14-7-9-16(20)10-8-14/h2-11,21H,12H2,1H3,(H,22,23). The van der Waals surface area contributed by atoms with E-state index >= 15 is 0 Å². The van der Waals surface area contributed by atoms with Crippen LogP contribution in [-0.4, -0.2) is 4.98 Å². The molecule has 2 N–H and O–H groups in total. The number of anilines is 1. The third-order valence-electron chi connectivity index (χ3n) is 3.64. The smallest absolute Gasteiger partial charge is 0.272 e. The Hall–Kier alpha value is -2.88. The van der Waals surface area contributed by atoms with Gasteiger partial charge in [0, 0.05) is 17.8 Å². The quantitative estimate of drug-likeness (QED) is 0.762. The molecule has 116 valence electrons. The van der Waals surface area contributed by atoms with E-state index in [1.165, 1.54) is 12.1 Å². The molecule has 23 heavy (non-hydrogen) atoms. The molecule has 0 aliphatic heterocycles. The molecule has 0 radical (unpaired) electrons. The molecule has 0 saturated heterocycles. The van der Waals surface area contributed by atoms with Crippen molar-refractivity contribution in [2.75, 3.05) is 5.32 Å². The second-order valence-electron chi connectivity index (χ2n) is 5.42. The zero-order chi connectivity index (χ0) is 16.2. The monoisotopic (exact) mass is 308 g/mol. The number of benzene rings is 2. The average Bonchev–Trinajstić information content (AvgIpc) is 2.56. The molecule has 3 rings (SSSR count). The van der Waals surface area contributed by atoms with Crippen molar-refractivity contribution < 1.29 is 4.39 Å². The van der Waals surface area contributed by atoms with Gasteiger partial charge in [0.15, 0.2) is 0 Å². The molecule has 1 heterocycles. The van der Waals surface area contributed by atoms with Crippen molar-refractivity contribution in [2.45, 2.75) is 13.5 Å². The number of pyridine rings is 1. The van der Waals surface area contributed by atoms with Gasteiger partial charge in [-0.3, -0.25) is 4.79 Å². The van der Waals surface area contributed by atoms with Crippen LogP contribution in [0.4, 0.5) is 10.1 Å². The van der Waals surface area contributed by atoms with Crippen LogP contribution in [-0.2, 0) is 6.54 Å². The van der Waals surface area contributed by atoms with Crippen LogP contribution >= 0.6 is 0 Å². The maximum Gasteiger partial charge on any atom is 0.272 e. The highest BCUT2D eigenvalue weighted by Crippen LogP contribution is 2.25. The fraction of sp³-hybridized carbons (Fsp3) is 0.105. The van der Waals surface area contributed by atoms with Crippen LogP contribution in [0.15, 0.2) is 65.5 Å². The zero-order valence-corrected chi connectivity index (χ0v) is 12.8. The Morgan fingerprint density at radius 2 is 1.74 bits per heavy atom. The number of aromatic nitrogens is 1. The highest BCUT2D eigenvalue weighted by atomic mass is 19.1. The van der Waals surface area contributed by atoms with Crippen LogP contribution in [0.25, 0.3) is 11.1 Å². The second kappa shape index (κ2) is 6.48. The normalized spacial score (nSPS) is 10.5. The molecule has 1 aromatic heterocycles. The number of halogens is 1. The number of nitrogens with one attached hydrogen (secondary N) is 2. The maximum atomic E-state index is 13.0. The van der Waals surface area contributed by atoms with Crippen LogP contribution in [0.2, 0.25) is 0 Å². The van der Waals surface area contributed by atoms with E-state index in [-0.39, 0.29) is 11.4 Å². The lowest BCUT2D eigenvalue weighted by atomic mass is 10.0. The van der Waals surface area contributed by atoms with Crippen molar-refractivity contribution in [1.29, 1.82) is 0 Å². The van der Waals surface area contributed by atoms with E-state index in [1.807, 2.05) is 43.3 Å². The number of hydrogen-bond donors (Lipinski definition) is 2. The molecule has 3 nitrogen and oxygen atoms in total. The van der Waals surface area contributed by atoms with E-state index < -0.39 is 0 Å². The van der Waals surface area contributed by atoms with Gasteiger partial charge >= 0.3 is 0 Å². The Morgan fingerprint density at radius 3 is 2.43 bits per heavy atom. The first-order chi connectivity index (χ1) is 11.1. The van der Waals surface area contributed by atoms with Crippen molar-refractivity contribution in [3.05, 3.63) is 88.1 Å². The Labute approximate surface area is 133 Å². The Bertz CT molecular complexity index is 855. The van der Waals surface area contributed by atoms with Gasteiger partial charge in [-0.15, -0.1) is 0 Å². The summed E-state index contributed by atoms with van der Waals surface area (Å²) in [6.45, 7) is 2.31. The lowest BCUT2D eigenvalue weighted by Gasteiger charge is -2.12.